The van der Waals surface area contributed by atoms with Crippen molar-refractivity contribution in [3.8, 4) is 11.8 Å². The van der Waals surface area contributed by atoms with Crippen LogP contribution in [-0.4, -0.2) is 64.6 Å². The lowest BCUT2D eigenvalue weighted by molar-refractivity contribution is -0.186. The molecule has 2 aliphatic heterocycles. The molecule has 0 saturated carbocycles. The molecular formula is C40H41N5O7. The number of nitriles is 1. The van der Waals surface area contributed by atoms with E-state index in [0.717, 1.165) is 16.7 Å². The fourth-order valence-corrected chi connectivity index (χ4v) is 6.48. The van der Waals surface area contributed by atoms with Crippen LogP contribution in [0, 0.1) is 17.2 Å². The zero-order chi connectivity index (χ0) is 37.0. The van der Waals surface area contributed by atoms with Crippen LogP contribution in [0.3, 0.4) is 0 Å². The van der Waals surface area contributed by atoms with E-state index < -0.39 is 41.9 Å². The molecule has 4 aromatic rings. The number of aromatic nitrogens is 1. The number of pyridine rings is 1. The number of benzene rings is 3. The molecule has 1 unspecified atom stereocenters. The van der Waals surface area contributed by atoms with Gasteiger partial charge in [0.2, 0.25) is 0 Å². The summed E-state index contributed by atoms with van der Waals surface area (Å²) in [4.78, 5) is 49.9. The van der Waals surface area contributed by atoms with Crippen LogP contribution in [-0.2, 0) is 40.3 Å². The molecule has 1 saturated heterocycles. The maximum atomic E-state index is 14.0. The van der Waals surface area contributed by atoms with Gasteiger partial charge in [0, 0.05) is 24.3 Å². The number of amides is 3. The number of anilines is 2. The van der Waals surface area contributed by atoms with Crippen LogP contribution in [0.5, 0.6) is 5.75 Å². The van der Waals surface area contributed by atoms with Gasteiger partial charge in [0.25, 0.3) is 0 Å². The number of rotatable bonds is 9. The van der Waals surface area contributed by atoms with Gasteiger partial charge in [0.05, 0.1) is 25.3 Å². The summed E-state index contributed by atoms with van der Waals surface area (Å²) in [5.74, 6) is -0.367. The standard InChI is InChI=1S/C40H41N5O7/c1-40(2,3)52-39(49)44(24-26-10-13-31(50-4)14-11-26)34-22-28(16-18-42-34)21-32-35(37(47)51-25-27-8-6-5-7-9-27)45(36(32)46)38(48)43-19-17-30-20-29(23-41)12-15-33(30)43/h5-16,18,20,22,32,35-36,46H,17,19,21,24-25H2,1-4H3/t32-,35+,36?/m1/s1. The van der Waals surface area contributed by atoms with Gasteiger partial charge >= 0.3 is 18.1 Å². The third-order valence-corrected chi connectivity index (χ3v) is 9.07. The number of nitrogens with zero attached hydrogens (tertiary/aromatic N) is 5. The van der Waals surface area contributed by atoms with Crippen LogP contribution in [0.15, 0.2) is 91.1 Å². The SMILES string of the molecule is COc1ccc(CN(C(=O)OC(C)(C)C)c2cc(C[C@H]3C(O)N(C(=O)N4CCc5cc(C#N)ccc54)[C@@H]3C(=O)OCc3ccccc3)ccn2)cc1. The summed E-state index contributed by atoms with van der Waals surface area (Å²) >= 11 is 0. The highest BCUT2D eigenvalue weighted by atomic mass is 16.6. The molecule has 1 aromatic heterocycles. The molecule has 6 rings (SSSR count). The van der Waals surface area contributed by atoms with Gasteiger partial charge in [0.1, 0.15) is 36.0 Å². The van der Waals surface area contributed by atoms with Gasteiger partial charge in [0.15, 0.2) is 0 Å². The molecule has 0 aliphatic carbocycles. The van der Waals surface area contributed by atoms with Gasteiger partial charge in [-0.05, 0) is 98.3 Å². The zero-order valence-corrected chi connectivity index (χ0v) is 29.6. The number of likely N-dealkylation sites (tertiary alicyclic amines) is 1. The van der Waals surface area contributed by atoms with E-state index in [1.165, 1.54) is 14.7 Å². The Morgan fingerprint density at radius 1 is 0.981 bits per heavy atom. The summed E-state index contributed by atoms with van der Waals surface area (Å²) in [6, 6.07) is 25.6. The Kier molecular flexibility index (Phi) is 10.4. The molecule has 0 radical (unpaired) electrons. The second-order valence-electron chi connectivity index (χ2n) is 13.8. The average Bonchev–Trinajstić information content (AvgIpc) is 3.57. The normalized spacial score (nSPS) is 17.7. The van der Waals surface area contributed by atoms with E-state index in [0.29, 0.717) is 41.3 Å². The van der Waals surface area contributed by atoms with Gasteiger partial charge in [-0.15, -0.1) is 0 Å². The molecule has 0 bridgehead atoms. The monoisotopic (exact) mass is 703 g/mol. The number of carbonyl (C=O) groups is 3. The van der Waals surface area contributed by atoms with E-state index in [1.807, 2.05) is 42.5 Å². The number of methoxy groups -OCH3 is 1. The van der Waals surface area contributed by atoms with Crippen molar-refractivity contribution >= 4 is 29.6 Å². The van der Waals surface area contributed by atoms with E-state index in [-0.39, 0.29) is 19.6 Å². The van der Waals surface area contributed by atoms with Crippen LogP contribution in [0.4, 0.5) is 21.1 Å². The Morgan fingerprint density at radius 3 is 2.42 bits per heavy atom. The van der Waals surface area contributed by atoms with E-state index in [9.17, 15) is 24.8 Å². The number of hydrogen-bond donors (Lipinski definition) is 1. The van der Waals surface area contributed by atoms with Crippen molar-refractivity contribution < 1.29 is 33.7 Å². The van der Waals surface area contributed by atoms with E-state index in [4.69, 9.17) is 14.2 Å². The van der Waals surface area contributed by atoms with E-state index in [2.05, 4.69) is 11.1 Å². The van der Waals surface area contributed by atoms with Crippen molar-refractivity contribution in [3.63, 3.8) is 0 Å². The number of esters is 1. The lowest BCUT2D eigenvalue weighted by Gasteiger charge is -2.51. The predicted octanol–water partition coefficient (Wildman–Crippen LogP) is 5.99. The van der Waals surface area contributed by atoms with Crippen molar-refractivity contribution in [2.24, 2.45) is 5.92 Å². The smallest absolute Gasteiger partial charge is 0.416 e. The first-order chi connectivity index (χ1) is 25.0. The molecular weight excluding hydrogens is 662 g/mol. The van der Waals surface area contributed by atoms with E-state index >= 15 is 0 Å². The minimum absolute atomic E-state index is 0.000116. The summed E-state index contributed by atoms with van der Waals surface area (Å²) in [7, 11) is 1.58. The van der Waals surface area contributed by atoms with Gasteiger partial charge < -0.3 is 19.3 Å². The number of hydrogen-bond acceptors (Lipinski definition) is 9. The molecule has 3 aromatic carbocycles. The van der Waals surface area contributed by atoms with Crippen LogP contribution in [0.1, 0.15) is 48.6 Å². The van der Waals surface area contributed by atoms with Crippen molar-refractivity contribution in [1.82, 2.24) is 9.88 Å². The van der Waals surface area contributed by atoms with Crippen LogP contribution in [0.25, 0.3) is 0 Å². The minimum atomic E-state index is -1.30. The van der Waals surface area contributed by atoms with Crippen molar-refractivity contribution in [1.29, 1.82) is 5.26 Å². The molecule has 2 aliphatic rings. The van der Waals surface area contributed by atoms with Gasteiger partial charge in [-0.1, -0.05) is 42.5 Å². The molecule has 12 nitrogen and oxygen atoms in total. The van der Waals surface area contributed by atoms with Crippen LogP contribution >= 0.6 is 0 Å². The Morgan fingerprint density at radius 2 is 1.73 bits per heavy atom. The number of urea groups is 1. The van der Waals surface area contributed by atoms with Gasteiger partial charge in [-0.25, -0.2) is 19.4 Å². The summed E-state index contributed by atoms with van der Waals surface area (Å²) < 4.78 is 16.7. The minimum Gasteiger partial charge on any atom is -0.497 e. The topological polar surface area (TPSA) is 146 Å². The quantitative estimate of drug-likeness (QED) is 0.208. The molecule has 12 heteroatoms. The Balaban J connectivity index is 1.26. The molecule has 3 heterocycles. The molecule has 3 amide bonds. The molecule has 3 atom stereocenters. The second kappa shape index (κ2) is 15.1. The summed E-state index contributed by atoms with van der Waals surface area (Å²) in [5, 5.41) is 20.9. The molecule has 268 valence electrons. The fourth-order valence-electron chi connectivity index (χ4n) is 6.48. The summed E-state index contributed by atoms with van der Waals surface area (Å²) in [5.41, 5.74) is 3.48. The van der Waals surface area contributed by atoms with Crippen molar-refractivity contribution in [2.45, 2.75) is 64.6 Å². The Bertz CT molecular complexity index is 1970. The summed E-state index contributed by atoms with van der Waals surface area (Å²) in [6.45, 7) is 5.85. The number of aliphatic hydroxyl groups is 1. The second-order valence-corrected chi connectivity index (χ2v) is 13.8. The molecule has 0 spiro atoms. The van der Waals surface area contributed by atoms with Gasteiger partial charge in [-0.2, -0.15) is 5.26 Å². The first-order valence-corrected chi connectivity index (χ1v) is 17.1. The van der Waals surface area contributed by atoms with Gasteiger partial charge in [-0.3, -0.25) is 14.7 Å². The maximum absolute atomic E-state index is 14.0. The predicted molar refractivity (Wildman–Crippen MR) is 192 cm³/mol. The first-order valence-electron chi connectivity index (χ1n) is 17.1. The van der Waals surface area contributed by atoms with Crippen molar-refractivity contribution in [2.75, 3.05) is 23.5 Å². The lowest BCUT2D eigenvalue weighted by atomic mass is 9.81. The third-order valence-electron chi connectivity index (χ3n) is 9.07. The number of fused-ring (bicyclic) bond motifs is 1. The third kappa shape index (κ3) is 7.85. The number of carbonyl (C=O) groups excluding carboxylic acids is 3. The van der Waals surface area contributed by atoms with Crippen molar-refractivity contribution in [3.05, 3.63) is 119 Å². The number of aliphatic hydroxyl groups excluding tert-OH is 1. The zero-order valence-electron chi connectivity index (χ0n) is 29.6. The fraction of sp³-hybridized carbons (Fsp3) is 0.325. The highest BCUT2D eigenvalue weighted by Gasteiger charge is 2.56. The number of ether oxygens (including phenoxy) is 3. The first kappa shape index (κ1) is 35.9. The van der Waals surface area contributed by atoms with E-state index in [1.54, 1.807) is 76.5 Å². The highest BCUT2D eigenvalue weighted by molar-refractivity contribution is 5.98. The summed E-state index contributed by atoms with van der Waals surface area (Å²) in [6.07, 6.45) is 0.380. The maximum Gasteiger partial charge on any atom is 0.416 e. The lowest BCUT2D eigenvalue weighted by Crippen LogP contribution is -2.71. The van der Waals surface area contributed by atoms with Crippen LogP contribution in [0.2, 0.25) is 0 Å². The molecule has 1 N–H and O–H groups in total. The molecule has 52 heavy (non-hydrogen) atoms. The molecule has 1 fully saturated rings. The Labute approximate surface area is 302 Å². The largest absolute Gasteiger partial charge is 0.497 e. The van der Waals surface area contributed by atoms with Crippen LogP contribution < -0.4 is 14.5 Å². The highest BCUT2D eigenvalue weighted by Crippen LogP contribution is 2.39. The Hall–Kier alpha value is -5.93. The average molecular weight is 704 g/mol.